The fourth-order valence-electron chi connectivity index (χ4n) is 3.32. The van der Waals surface area contributed by atoms with Crippen LogP contribution in [-0.2, 0) is 0 Å². The second kappa shape index (κ2) is 6.76. The van der Waals surface area contributed by atoms with Crippen molar-refractivity contribution in [2.75, 3.05) is 51.0 Å². The lowest BCUT2D eigenvalue weighted by molar-refractivity contribution is 0.312. The number of aromatic nitrogens is 3. The van der Waals surface area contributed by atoms with E-state index in [2.05, 4.69) is 31.8 Å². The van der Waals surface area contributed by atoms with Gasteiger partial charge in [0, 0.05) is 49.4 Å². The highest BCUT2D eigenvalue weighted by atomic mass is 16.5. The Morgan fingerprint density at radius 1 is 1.08 bits per heavy atom. The van der Waals surface area contributed by atoms with Crippen LogP contribution in [-0.4, -0.2) is 60.2 Å². The Kier molecular flexibility index (Phi) is 4.30. The topological polar surface area (TPSA) is 80.4 Å². The van der Waals surface area contributed by atoms with Gasteiger partial charge in [-0.1, -0.05) is 6.07 Å². The first-order valence-corrected chi connectivity index (χ1v) is 8.66. The summed E-state index contributed by atoms with van der Waals surface area (Å²) in [6.07, 6.45) is 1.76. The van der Waals surface area contributed by atoms with Gasteiger partial charge in [0.15, 0.2) is 0 Å². The van der Waals surface area contributed by atoms with Crippen molar-refractivity contribution in [1.29, 1.82) is 0 Å². The predicted octanol–water partition coefficient (Wildman–Crippen LogP) is 2.03. The van der Waals surface area contributed by atoms with Gasteiger partial charge in [0.2, 0.25) is 5.95 Å². The molecule has 0 atom stereocenters. The summed E-state index contributed by atoms with van der Waals surface area (Å²) in [5.41, 5.74) is 8.61. The van der Waals surface area contributed by atoms with Crippen LogP contribution in [0.25, 0.3) is 22.2 Å². The van der Waals surface area contributed by atoms with Gasteiger partial charge in [0.25, 0.3) is 0 Å². The molecule has 7 nitrogen and oxygen atoms in total. The molecule has 0 radical (unpaired) electrons. The molecular formula is C19H22N6O. The number of likely N-dealkylation sites (N-methyl/N-ethyl adjacent to an activating group) is 1. The predicted molar refractivity (Wildman–Crippen MR) is 103 cm³/mol. The van der Waals surface area contributed by atoms with Gasteiger partial charge in [-0.15, -0.1) is 0 Å². The average molecular weight is 350 g/mol. The van der Waals surface area contributed by atoms with Gasteiger partial charge in [-0.25, -0.2) is 4.98 Å². The van der Waals surface area contributed by atoms with Crippen molar-refractivity contribution in [1.82, 2.24) is 19.9 Å². The number of rotatable bonds is 3. The smallest absolute Gasteiger partial charge is 0.222 e. The molecule has 4 rings (SSSR count). The van der Waals surface area contributed by atoms with Gasteiger partial charge in [-0.05, 0) is 25.2 Å². The van der Waals surface area contributed by atoms with E-state index in [9.17, 15) is 0 Å². The van der Waals surface area contributed by atoms with Gasteiger partial charge in [-0.3, -0.25) is 4.98 Å². The van der Waals surface area contributed by atoms with Crippen molar-refractivity contribution in [3.8, 4) is 17.0 Å². The number of anilines is 2. The summed E-state index contributed by atoms with van der Waals surface area (Å²) in [4.78, 5) is 18.0. The van der Waals surface area contributed by atoms with Crippen LogP contribution in [0, 0.1) is 0 Å². The third-order valence-corrected chi connectivity index (χ3v) is 4.79. The Morgan fingerprint density at radius 3 is 2.65 bits per heavy atom. The maximum atomic E-state index is 6.03. The minimum atomic E-state index is 0.282. The first-order valence-electron chi connectivity index (χ1n) is 8.66. The number of pyridine rings is 1. The van der Waals surface area contributed by atoms with Crippen LogP contribution in [0.2, 0.25) is 0 Å². The Hall–Kier alpha value is -2.93. The molecule has 7 heteroatoms. The fourth-order valence-corrected chi connectivity index (χ4v) is 3.32. The van der Waals surface area contributed by atoms with E-state index < -0.39 is 0 Å². The van der Waals surface area contributed by atoms with Crippen LogP contribution < -0.4 is 15.4 Å². The molecular weight excluding hydrogens is 328 g/mol. The molecule has 1 aliphatic heterocycles. The first kappa shape index (κ1) is 16.5. The summed E-state index contributed by atoms with van der Waals surface area (Å²) in [6.45, 7) is 3.87. The zero-order chi connectivity index (χ0) is 18.1. The lowest BCUT2D eigenvalue weighted by Crippen LogP contribution is -2.44. The fraction of sp³-hybridized carbons (Fsp3) is 0.316. The highest BCUT2D eigenvalue weighted by Crippen LogP contribution is 2.33. The van der Waals surface area contributed by atoms with Gasteiger partial charge in [-0.2, -0.15) is 4.98 Å². The summed E-state index contributed by atoms with van der Waals surface area (Å²) >= 11 is 0. The monoisotopic (exact) mass is 350 g/mol. The minimum absolute atomic E-state index is 0.282. The summed E-state index contributed by atoms with van der Waals surface area (Å²) in [7, 11) is 3.78. The van der Waals surface area contributed by atoms with E-state index in [-0.39, 0.29) is 5.95 Å². The second-order valence-electron chi connectivity index (χ2n) is 6.47. The number of nitrogens with zero attached hydrogens (tertiary/aromatic N) is 5. The van der Waals surface area contributed by atoms with Crippen molar-refractivity contribution >= 4 is 22.7 Å². The number of nitrogens with two attached hydrogens (primary N) is 1. The van der Waals surface area contributed by atoms with Gasteiger partial charge >= 0.3 is 0 Å². The standard InChI is InChI=1S/C19H22N6O/c1-24-8-10-25(11-9-24)17-12-15(22-19(20)23-17)13-5-6-16(26-2)18-14(13)4-3-7-21-18/h3-7,12H,8-11H2,1-2H3,(H2,20,22,23). The molecule has 2 N–H and O–H groups in total. The van der Waals surface area contributed by atoms with Crippen LogP contribution in [0.1, 0.15) is 0 Å². The molecule has 0 saturated carbocycles. The van der Waals surface area contributed by atoms with Gasteiger partial charge in [0.1, 0.15) is 17.1 Å². The number of nitrogen functional groups attached to an aromatic ring is 1. The molecule has 3 aromatic rings. The maximum absolute atomic E-state index is 6.03. The quantitative estimate of drug-likeness (QED) is 0.774. The van der Waals surface area contributed by atoms with E-state index in [1.54, 1.807) is 13.3 Å². The number of methoxy groups -OCH3 is 1. The van der Waals surface area contributed by atoms with E-state index in [1.807, 2.05) is 30.3 Å². The molecule has 0 unspecified atom stereocenters. The molecule has 0 aliphatic carbocycles. The van der Waals surface area contributed by atoms with Crippen molar-refractivity contribution in [3.05, 3.63) is 36.5 Å². The number of ether oxygens (including phenoxy) is 1. The molecule has 0 bridgehead atoms. The number of hydrogen-bond acceptors (Lipinski definition) is 7. The third-order valence-electron chi connectivity index (χ3n) is 4.79. The van der Waals surface area contributed by atoms with Crippen LogP contribution in [0.15, 0.2) is 36.5 Å². The Balaban J connectivity index is 1.80. The average Bonchev–Trinajstić information content (AvgIpc) is 2.67. The summed E-state index contributed by atoms with van der Waals surface area (Å²) in [5, 5.41) is 0.981. The number of hydrogen-bond donors (Lipinski definition) is 1. The molecule has 26 heavy (non-hydrogen) atoms. The number of benzene rings is 1. The van der Waals surface area contributed by atoms with Gasteiger partial charge < -0.3 is 20.3 Å². The molecule has 0 amide bonds. The summed E-state index contributed by atoms with van der Waals surface area (Å²) in [6, 6.07) is 9.86. The van der Waals surface area contributed by atoms with E-state index in [4.69, 9.17) is 10.5 Å². The molecule has 3 heterocycles. The van der Waals surface area contributed by atoms with E-state index in [1.165, 1.54) is 0 Å². The molecule has 0 spiro atoms. The van der Waals surface area contributed by atoms with Crippen molar-refractivity contribution in [3.63, 3.8) is 0 Å². The Bertz CT molecular complexity index is 936. The Labute approximate surface area is 152 Å². The lowest BCUT2D eigenvalue weighted by Gasteiger charge is -2.33. The largest absolute Gasteiger partial charge is 0.494 e. The zero-order valence-corrected chi connectivity index (χ0v) is 15.0. The summed E-state index contributed by atoms with van der Waals surface area (Å²) in [5.74, 6) is 1.89. The molecule has 1 saturated heterocycles. The third kappa shape index (κ3) is 3.01. The van der Waals surface area contributed by atoms with Crippen molar-refractivity contribution in [2.45, 2.75) is 0 Å². The SMILES string of the molecule is COc1ccc(-c2cc(N3CCN(C)CC3)nc(N)n2)c2cccnc12. The van der Waals surface area contributed by atoms with Crippen LogP contribution in [0.3, 0.4) is 0 Å². The second-order valence-corrected chi connectivity index (χ2v) is 6.47. The number of fused-ring (bicyclic) bond motifs is 1. The molecule has 134 valence electrons. The van der Waals surface area contributed by atoms with Crippen molar-refractivity contribution < 1.29 is 4.74 Å². The van der Waals surface area contributed by atoms with E-state index in [0.717, 1.165) is 59.9 Å². The normalized spacial score (nSPS) is 15.4. The number of piperazine rings is 1. The van der Waals surface area contributed by atoms with Crippen LogP contribution >= 0.6 is 0 Å². The molecule has 1 aliphatic rings. The summed E-state index contributed by atoms with van der Waals surface area (Å²) < 4.78 is 5.44. The highest BCUT2D eigenvalue weighted by Gasteiger charge is 2.18. The van der Waals surface area contributed by atoms with Gasteiger partial charge in [0.05, 0.1) is 12.8 Å². The zero-order valence-electron chi connectivity index (χ0n) is 15.0. The van der Waals surface area contributed by atoms with E-state index in [0.29, 0.717) is 0 Å². The van der Waals surface area contributed by atoms with Crippen LogP contribution in [0.4, 0.5) is 11.8 Å². The maximum Gasteiger partial charge on any atom is 0.222 e. The lowest BCUT2D eigenvalue weighted by atomic mass is 10.0. The highest BCUT2D eigenvalue weighted by molar-refractivity contribution is 5.97. The Morgan fingerprint density at radius 2 is 1.88 bits per heavy atom. The molecule has 1 fully saturated rings. The van der Waals surface area contributed by atoms with E-state index >= 15 is 0 Å². The first-order chi connectivity index (χ1) is 12.7. The molecule has 2 aromatic heterocycles. The van der Waals surface area contributed by atoms with Crippen LogP contribution in [0.5, 0.6) is 5.75 Å². The molecule has 1 aromatic carbocycles. The minimum Gasteiger partial charge on any atom is -0.494 e. The van der Waals surface area contributed by atoms with Crippen molar-refractivity contribution in [2.24, 2.45) is 0 Å².